The van der Waals surface area contributed by atoms with Crippen molar-refractivity contribution in [2.24, 2.45) is 4.99 Å². The Morgan fingerprint density at radius 1 is 1.23 bits per heavy atom. The molecule has 2 aromatic carbocycles. The molecule has 0 spiro atoms. The first kappa shape index (κ1) is 23.7. The minimum absolute atomic E-state index is 0.0202. The molecule has 2 heterocycles. The number of nitrogens with zero attached hydrogens (tertiary/aromatic N) is 4. The normalized spacial score (nSPS) is 13.0. The third kappa shape index (κ3) is 4.93. The van der Waals surface area contributed by atoms with Crippen molar-refractivity contribution in [2.45, 2.75) is 6.92 Å². The van der Waals surface area contributed by atoms with Gasteiger partial charge in [-0.3, -0.25) is 15.8 Å². The topological polar surface area (TPSA) is 109 Å². The predicted octanol–water partition coefficient (Wildman–Crippen LogP) is 4.10. The average Bonchev–Trinajstić information content (AvgIpc) is 2.89. The number of allylic oxidation sites excluding steroid dienone is 1. The molecule has 0 amide bonds. The van der Waals surface area contributed by atoms with E-state index in [0.29, 0.717) is 29.5 Å². The van der Waals surface area contributed by atoms with Crippen LogP contribution in [0.5, 0.6) is 11.5 Å². The number of rotatable bonds is 7. The first-order valence-corrected chi connectivity index (χ1v) is 11.1. The van der Waals surface area contributed by atoms with Gasteiger partial charge in [-0.1, -0.05) is 6.07 Å². The number of anilines is 1. The molecule has 0 saturated carbocycles. The Morgan fingerprint density at radius 2 is 2.06 bits per heavy atom. The number of ether oxygens (including phenoxy) is 3. The van der Waals surface area contributed by atoms with E-state index in [1.165, 1.54) is 4.68 Å². The number of likely N-dealkylation sites (N-methyl/N-ethyl adjacent to an activating group) is 1. The SMILES string of the molecule is C=Nc1cc(OC)ccc1/C(=C\C)OCC(=N)n1nc(-c2ccc3c(c2)OCCN3C)ccc1=N. The maximum absolute atomic E-state index is 8.54. The van der Waals surface area contributed by atoms with Crippen molar-refractivity contribution in [3.05, 3.63) is 65.7 Å². The van der Waals surface area contributed by atoms with Gasteiger partial charge in [0.1, 0.15) is 36.0 Å². The molecule has 180 valence electrons. The molecular weight excluding hydrogens is 444 g/mol. The Bertz CT molecular complexity index is 1360. The summed E-state index contributed by atoms with van der Waals surface area (Å²) in [5.41, 5.74) is 3.92. The molecule has 1 aliphatic rings. The second-order valence-corrected chi connectivity index (χ2v) is 7.90. The molecule has 9 heteroatoms. The van der Waals surface area contributed by atoms with Gasteiger partial charge in [-0.05, 0) is 56.1 Å². The molecule has 35 heavy (non-hydrogen) atoms. The second-order valence-electron chi connectivity index (χ2n) is 7.90. The van der Waals surface area contributed by atoms with E-state index in [4.69, 9.17) is 25.0 Å². The Balaban J connectivity index is 1.55. The third-order valence-electron chi connectivity index (χ3n) is 5.71. The molecule has 0 atom stereocenters. The van der Waals surface area contributed by atoms with Crippen molar-refractivity contribution in [2.75, 3.05) is 38.8 Å². The van der Waals surface area contributed by atoms with Crippen LogP contribution in [0.15, 0.2) is 59.6 Å². The van der Waals surface area contributed by atoms with Gasteiger partial charge in [-0.15, -0.1) is 0 Å². The zero-order chi connectivity index (χ0) is 24.9. The number of aromatic nitrogens is 2. The highest BCUT2D eigenvalue weighted by Gasteiger charge is 2.17. The lowest BCUT2D eigenvalue weighted by atomic mass is 10.1. The molecule has 0 radical (unpaired) electrons. The average molecular weight is 473 g/mol. The Morgan fingerprint density at radius 3 is 2.80 bits per heavy atom. The van der Waals surface area contributed by atoms with E-state index in [-0.39, 0.29) is 17.9 Å². The number of benzene rings is 2. The summed E-state index contributed by atoms with van der Waals surface area (Å²) in [5, 5.41) is 21.3. The summed E-state index contributed by atoms with van der Waals surface area (Å²) in [5.74, 6) is 2.02. The lowest BCUT2D eigenvalue weighted by Gasteiger charge is -2.27. The second kappa shape index (κ2) is 10.3. The fourth-order valence-corrected chi connectivity index (χ4v) is 3.80. The van der Waals surface area contributed by atoms with Crippen LogP contribution >= 0.6 is 0 Å². The van der Waals surface area contributed by atoms with Gasteiger partial charge in [0, 0.05) is 24.2 Å². The van der Waals surface area contributed by atoms with Crippen LogP contribution in [0, 0.1) is 10.8 Å². The molecule has 0 saturated heterocycles. The summed E-state index contributed by atoms with van der Waals surface area (Å²) in [7, 11) is 3.62. The minimum atomic E-state index is -0.0899. The van der Waals surface area contributed by atoms with Gasteiger partial charge in [0.2, 0.25) is 0 Å². The highest BCUT2D eigenvalue weighted by Crippen LogP contribution is 2.34. The van der Waals surface area contributed by atoms with Gasteiger partial charge in [-0.25, -0.2) is 0 Å². The number of methoxy groups -OCH3 is 1. The summed E-state index contributed by atoms with van der Waals surface area (Å²) >= 11 is 0. The van der Waals surface area contributed by atoms with E-state index in [1.54, 1.807) is 31.4 Å². The van der Waals surface area contributed by atoms with Gasteiger partial charge < -0.3 is 19.1 Å². The number of nitrogens with one attached hydrogen (secondary N) is 2. The lowest BCUT2D eigenvalue weighted by Crippen LogP contribution is -2.31. The van der Waals surface area contributed by atoms with Crippen LogP contribution in [0.2, 0.25) is 0 Å². The summed E-state index contributed by atoms with van der Waals surface area (Å²) in [6.45, 7) is 6.84. The van der Waals surface area contributed by atoms with Crippen molar-refractivity contribution in [1.82, 2.24) is 9.78 Å². The fourth-order valence-electron chi connectivity index (χ4n) is 3.80. The summed E-state index contributed by atoms with van der Waals surface area (Å²) in [6, 6.07) is 14.7. The van der Waals surface area contributed by atoms with E-state index in [0.717, 1.165) is 29.1 Å². The van der Waals surface area contributed by atoms with E-state index in [9.17, 15) is 0 Å². The summed E-state index contributed by atoms with van der Waals surface area (Å²) in [4.78, 5) is 6.21. The van der Waals surface area contributed by atoms with Crippen LogP contribution in [0.1, 0.15) is 12.5 Å². The molecular formula is C26H28N6O3. The smallest absolute Gasteiger partial charge is 0.162 e. The zero-order valence-corrected chi connectivity index (χ0v) is 20.0. The van der Waals surface area contributed by atoms with Crippen molar-refractivity contribution in [1.29, 1.82) is 10.8 Å². The van der Waals surface area contributed by atoms with Crippen LogP contribution in [-0.4, -0.2) is 56.2 Å². The molecule has 1 aliphatic heterocycles. The summed E-state index contributed by atoms with van der Waals surface area (Å²) in [6.07, 6.45) is 1.80. The van der Waals surface area contributed by atoms with Gasteiger partial charge in [-0.2, -0.15) is 9.78 Å². The number of fused-ring (bicyclic) bond motifs is 1. The van der Waals surface area contributed by atoms with E-state index >= 15 is 0 Å². The Kier molecular flexibility index (Phi) is 6.96. The molecule has 3 aromatic rings. The monoisotopic (exact) mass is 472 g/mol. The van der Waals surface area contributed by atoms with Crippen molar-refractivity contribution >= 4 is 29.7 Å². The number of hydrogen-bond donors (Lipinski definition) is 2. The Labute approximate surface area is 203 Å². The molecule has 0 aliphatic carbocycles. The minimum Gasteiger partial charge on any atom is -0.497 e. The van der Waals surface area contributed by atoms with Gasteiger partial charge in [0.05, 0.1) is 30.7 Å². The highest BCUT2D eigenvalue weighted by atomic mass is 16.5. The maximum Gasteiger partial charge on any atom is 0.162 e. The van der Waals surface area contributed by atoms with Crippen LogP contribution in [0.3, 0.4) is 0 Å². The van der Waals surface area contributed by atoms with E-state index in [2.05, 4.69) is 21.7 Å². The van der Waals surface area contributed by atoms with Gasteiger partial charge in [0.25, 0.3) is 0 Å². The molecule has 0 fully saturated rings. The van der Waals surface area contributed by atoms with Crippen molar-refractivity contribution in [3.8, 4) is 22.8 Å². The van der Waals surface area contributed by atoms with Crippen LogP contribution in [0.4, 0.5) is 11.4 Å². The fraction of sp³-hybridized carbons (Fsp3) is 0.231. The van der Waals surface area contributed by atoms with E-state index in [1.807, 2.05) is 44.3 Å². The first-order chi connectivity index (χ1) is 16.9. The van der Waals surface area contributed by atoms with Crippen LogP contribution < -0.4 is 19.9 Å². The standard InChI is InChI=1S/C26H28N6O3/c1-5-23(19-8-7-18(33-4)15-21(19)29-2)35-16-26(28)32-25(27)11-9-20(30-32)17-6-10-22-24(14-17)34-13-12-31(22)3/h5-11,14-15,27-28H,2,12-13,16H2,1,3-4H3/b23-5+,27-25?,28-26?. The van der Waals surface area contributed by atoms with Crippen molar-refractivity contribution in [3.63, 3.8) is 0 Å². The van der Waals surface area contributed by atoms with Crippen LogP contribution in [-0.2, 0) is 4.74 Å². The molecule has 4 rings (SSSR count). The summed E-state index contributed by atoms with van der Waals surface area (Å²) < 4.78 is 18.3. The van der Waals surface area contributed by atoms with Crippen LogP contribution in [0.25, 0.3) is 17.0 Å². The largest absolute Gasteiger partial charge is 0.497 e. The van der Waals surface area contributed by atoms with Gasteiger partial charge >= 0.3 is 0 Å². The molecule has 9 nitrogen and oxygen atoms in total. The first-order valence-electron chi connectivity index (χ1n) is 11.1. The maximum atomic E-state index is 8.54. The molecule has 0 unspecified atom stereocenters. The van der Waals surface area contributed by atoms with Crippen molar-refractivity contribution < 1.29 is 14.2 Å². The zero-order valence-electron chi connectivity index (χ0n) is 20.0. The highest BCUT2D eigenvalue weighted by molar-refractivity contribution is 5.83. The third-order valence-corrected chi connectivity index (χ3v) is 5.71. The number of hydrogen-bond acceptors (Lipinski definition) is 8. The molecule has 2 N–H and O–H groups in total. The van der Waals surface area contributed by atoms with E-state index < -0.39 is 0 Å². The number of aliphatic imine (C=N–C) groups is 1. The quantitative estimate of drug-likeness (QED) is 0.306. The lowest BCUT2D eigenvalue weighted by molar-refractivity contribution is 0.311. The molecule has 1 aromatic heterocycles. The molecule has 0 bridgehead atoms. The van der Waals surface area contributed by atoms with Gasteiger partial charge in [0.15, 0.2) is 5.84 Å². The predicted molar refractivity (Wildman–Crippen MR) is 137 cm³/mol. The Hall–Kier alpha value is -4.40.